The van der Waals surface area contributed by atoms with Crippen LogP contribution in [0, 0.1) is 11.3 Å². The van der Waals surface area contributed by atoms with Crippen molar-refractivity contribution in [1.29, 1.82) is 5.26 Å². The van der Waals surface area contributed by atoms with Crippen LogP contribution in [0.1, 0.15) is 41.6 Å². The summed E-state index contributed by atoms with van der Waals surface area (Å²) < 4.78 is 5.22. The molecule has 8 nitrogen and oxygen atoms in total. The van der Waals surface area contributed by atoms with E-state index in [1.54, 1.807) is 13.2 Å². The zero-order chi connectivity index (χ0) is 20.1. The molecule has 0 radical (unpaired) electrons. The monoisotopic (exact) mass is 416 g/mol. The molecule has 29 heavy (non-hydrogen) atoms. The Morgan fingerprint density at radius 3 is 2.69 bits per heavy atom. The van der Waals surface area contributed by atoms with E-state index in [-0.39, 0.29) is 41.4 Å². The summed E-state index contributed by atoms with van der Waals surface area (Å²) in [6, 6.07) is 10.8. The number of hydrogen-bond acceptors (Lipinski definition) is 7. The number of halogens is 1. The lowest BCUT2D eigenvalue weighted by atomic mass is 9.91. The second-order valence-electron chi connectivity index (χ2n) is 6.81. The lowest BCUT2D eigenvalue weighted by molar-refractivity contribution is 0.100. The van der Waals surface area contributed by atoms with Crippen molar-refractivity contribution in [1.82, 2.24) is 4.98 Å². The molecule has 0 saturated heterocycles. The van der Waals surface area contributed by atoms with Crippen LogP contribution in [0.25, 0.3) is 0 Å². The number of nitrogens with two attached hydrogens (primary N) is 2. The molecule has 1 aromatic carbocycles. The van der Waals surface area contributed by atoms with Crippen molar-refractivity contribution in [3.63, 3.8) is 0 Å². The normalized spacial score (nSPS) is 18.1. The van der Waals surface area contributed by atoms with Gasteiger partial charge in [0, 0.05) is 23.8 Å². The lowest BCUT2D eigenvalue weighted by Crippen LogP contribution is -2.43. The van der Waals surface area contributed by atoms with Gasteiger partial charge < -0.3 is 26.8 Å². The summed E-state index contributed by atoms with van der Waals surface area (Å²) in [6.07, 6.45) is 4.00. The molecule has 6 N–H and O–H groups in total. The number of ether oxygens (including phenoxy) is 1. The maximum atomic E-state index is 11.9. The number of nitriles is 1. The number of rotatable bonds is 6. The van der Waals surface area contributed by atoms with E-state index in [0.717, 1.165) is 25.7 Å². The van der Waals surface area contributed by atoms with Crippen molar-refractivity contribution in [3.8, 4) is 11.8 Å². The van der Waals surface area contributed by atoms with E-state index in [0.29, 0.717) is 17.3 Å². The molecule has 2 atom stereocenters. The van der Waals surface area contributed by atoms with E-state index in [4.69, 9.17) is 16.2 Å². The van der Waals surface area contributed by atoms with Gasteiger partial charge in [-0.2, -0.15) is 5.26 Å². The molecule has 1 heterocycles. The highest BCUT2D eigenvalue weighted by atomic mass is 35.5. The number of pyridine rings is 1. The number of amides is 1. The smallest absolute Gasteiger partial charge is 0.252 e. The predicted octanol–water partition coefficient (Wildman–Crippen LogP) is 2.91. The fourth-order valence-electron chi connectivity index (χ4n) is 3.34. The second-order valence-corrected chi connectivity index (χ2v) is 6.81. The topological polar surface area (TPSA) is 139 Å². The molecule has 0 spiro atoms. The number of carbonyl (C=O) groups excluding carboxylic acids is 1. The number of benzene rings is 1. The molecule has 0 unspecified atom stereocenters. The first-order valence-corrected chi connectivity index (χ1v) is 9.20. The van der Waals surface area contributed by atoms with Gasteiger partial charge in [-0.15, -0.1) is 12.4 Å². The van der Waals surface area contributed by atoms with Crippen molar-refractivity contribution >= 4 is 35.6 Å². The van der Waals surface area contributed by atoms with E-state index in [9.17, 15) is 10.1 Å². The summed E-state index contributed by atoms with van der Waals surface area (Å²) in [6.45, 7) is 0. The van der Waals surface area contributed by atoms with Gasteiger partial charge in [0.1, 0.15) is 23.5 Å². The molecule has 3 rings (SSSR count). The fourth-order valence-corrected chi connectivity index (χ4v) is 3.34. The summed E-state index contributed by atoms with van der Waals surface area (Å²) in [4.78, 5) is 16.4. The maximum absolute atomic E-state index is 11.9. The van der Waals surface area contributed by atoms with E-state index < -0.39 is 5.91 Å². The lowest BCUT2D eigenvalue weighted by Gasteiger charge is -2.30. The number of methoxy groups -OCH3 is 1. The largest absolute Gasteiger partial charge is 0.497 e. The van der Waals surface area contributed by atoms with Gasteiger partial charge in [-0.05, 0) is 31.0 Å². The van der Waals surface area contributed by atoms with Crippen LogP contribution in [0.5, 0.6) is 5.75 Å². The van der Waals surface area contributed by atoms with Crippen LogP contribution in [0.15, 0.2) is 30.3 Å². The average molecular weight is 417 g/mol. The number of anilines is 3. The van der Waals surface area contributed by atoms with Gasteiger partial charge in [0.2, 0.25) is 0 Å². The van der Waals surface area contributed by atoms with Crippen LogP contribution < -0.4 is 26.8 Å². The Morgan fingerprint density at radius 1 is 1.28 bits per heavy atom. The average Bonchev–Trinajstić information content (AvgIpc) is 2.70. The highest BCUT2D eigenvalue weighted by Gasteiger charge is 2.24. The second kappa shape index (κ2) is 9.96. The zero-order valence-corrected chi connectivity index (χ0v) is 17.0. The van der Waals surface area contributed by atoms with Crippen molar-refractivity contribution in [2.24, 2.45) is 11.5 Å². The van der Waals surface area contributed by atoms with Crippen molar-refractivity contribution in [3.05, 3.63) is 41.5 Å². The van der Waals surface area contributed by atoms with E-state index >= 15 is 0 Å². The molecule has 2 aromatic rings. The Labute approximate surface area is 176 Å². The fraction of sp³-hybridized carbons (Fsp3) is 0.350. The van der Waals surface area contributed by atoms with Gasteiger partial charge in [-0.25, -0.2) is 4.98 Å². The molecule has 1 saturated carbocycles. The van der Waals surface area contributed by atoms with Crippen LogP contribution in [-0.4, -0.2) is 30.1 Å². The molecule has 1 aliphatic carbocycles. The Hall–Kier alpha value is -3.02. The van der Waals surface area contributed by atoms with Crippen molar-refractivity contribution in [2.75, 3.05) is 17.7 Å². The summed E-state index contributed by atoms with van der Waals surface area (Å²) in [7, 11) is 1.57. The highest BCUT2D eigenvalue weighted by Crippen LogP contribution is 2.28. The number of carbonyl (C=O) groups is 1. The standard InChI is InChI=1S/C20H24N6O2.ClH/c1-28-14-6-4-5-13(10-14)24-20-15(18(23)27)9-12(11-21)19(26-20)25-17-8-3-2-7-16(17)22;/h4-6,9-10,16-17H,2-3,7-8,22H2,1H3,(H2,23,27)(H2,24,25,26);1H/t16-,17+;/m0./s1. The summed E-state index contributed by atoms with van der Waals surface area (Å²) in [5, 5.41) is 15.9. The van der Waals surface area contributed by atoms with Crippen LogP contribution in [0.4, 0.5) is 17.3 Å². The molecule has 1 fully saturated rings. The molecule has 1 aromatic heterocycles. The Balaban J connectivity index is 0.00000300. The molecule has 0 bridgehead atoms. The Kier molecular flexibility index (Phi) is 7.65. The minimum atomic E-state index is -0.671. The van der Waals surface area contributed by atoms with Gasteiger partial charge in [-0.1, -0.05) is 18.9 Å². The van der Waals surface area contributed by atoms with E-state index in [1.165, 1.54) is 6.07 Å². The van der Waals surface area contributed by atoms with Crippen molar-refractivity contribution < 1.29 is 9.53 Å². The van der Waals surface area contributed by atoms with Crippen LogP contribution in [-0.2, 0) is 0 Å². The minimum absolute atomic E-state index is 0. The molecular weight excluding hydrogens is 392 g/mol. The minimum Gasteiger partial charge on any atom is -0.497 e. The predicted molar refractivity (Wildman–Crippen MR) is 115 cm³/mol. The van der Waals surface area contributed by atoms with E-state index in [2.05, 4.69) is 21.7 Å². The molecular formula is C20H25ClN6O2. The summed E-state index contributed by atoms with van der Waals surface area (Å²) in [5.74, 6) is 0.646. The van der Waals surface area contributed by atoms with Gasteiger partial charge in [0.25, 0.3) is 5.91 Å². The molecule has 1 amide bonds. The number of nitrogens with one attached hydrogen (secondary N) is 2. The zero-order valence-electron chi connectivity index (χ0n) is 16.1. The van der Waals surface area contributed by atoms with E-state index in [1.807, 2.05) is 18.2 Å². The summed E-state index contributed by atoms with van der Waals surface area (Å²) in [5.41, 5.74) is 12.8. The summed E-state index contributed by atoms with van der Waals surface area (Å²) >= 11 is 0. The number of hydrogen-bond donors (Lipinski definition) is 4. The Morgan fingerprint density at radius 2 is 2.03 bits per heavy atom. The number of nitrogens with zero attached hydrogens (tertiary/aromatic N) is 2. The van der Waals surface area contributed by atoms with Crippen molar-refractivity contribution in [2.45, 2.75) is 37.8 Å². The quantitative estimate of drug-likeness (QED) is 0.567. The first-order chi connectivity index (χ1) is 13.5. The van der Waals surface area contributed by atoms with Gasteiger partial charge in [-0.3, -0.25) is 4.79 Å². The highest BCUT2D eigenvalue weighted by molar-refractivity contribution is 5.99. The SMILES string of the molecule is COc1cccc(Nc2nc(N[C@@H]3CCCC[C@@H]3N)c(C#N)cc2C(N)=O)c1.Cl. The first kappa shape index (κ1) is 22.3. The number of aromatic nitrogens is 1. The first-order valence-electron chi connectivity index (χ1n) is 9.20. The number of primary amides is 1. The van der Waals surface area contributed by atoms with Gasteiger partial charge in [0.15, 0.2) is 0 Å². The third-order valence-corrected chi connectivity index (χ3v) is 4.88. The molecule has 0 aliphatic heterocycles. The van der Waals surface area contributed by atoms with Crippen LogP contribution in [0.2, 0.25) is 0 Å². The third-order valence-electron chi connectivity index (χ3n) is 4.88. The third kappa shape index (κ3) is 5.28. The van der Waals surface area contributed by atoms with Crippen LogP contribution in [0.3, 0.4) is 0 Å². The molecule has 154 valence electrons. The van der Waals surface area contributed by atoms with Gasteiger partial charge in [0.05, 0.1) is 18.2 Å². The molecule has 1 aliphatic rings. The Bertz CT molecular complexity index is 914. The molecule has 9 heteroatoms. The van der Waals surface area contributed by atoms with Gasteiger partial charge >= 0.3 is 0 Å². The van der Waals surface area contributed by atoms with Crippen LogP contribution >= 0.6 is 12.4 Å². The maximum Gasteiger partial charge on any atom is 0.252 e.